The number of halogens is 2. The van der Waals surface area contributed by atoms with E-state index in [2.05, 4.69) is 4.98 Å². The molecule has 17 heavy (non-hydrogen) atoms. The van der Waals surface area contributed by atoms with E-state index in [1.807, 2.05) is 0 Å². The molecular weight excluding hydrogens is 260 g/mol. The Kier molecular flexibility index (Phi) is 3.38. The van der Waals surface area contributed by atoms with E-state index >= 15 is 0 Å². The van der Waals surface area contributed by atoms with Crippen LogP contribution in [0.25, 0.3) is 0 Å². The highest BCUT2D eigenvalue weighted by Gasteiger charge is 2.33. The summed E-state index contributed by atoms with van der Waals surface area (Å²) in [6.45, 7) is 1.18. The minimum absolute atomic E-state index is 0.163. The summed E-state index contributed by atoms with van der Waals surface area (Å²) < 4.78 is 47.3. The standard InChI is InChI=1S/C7H7F2N3O4S/c1-3-2-11-4(7(8)9)6(17(10,15)16)5(3)12(13)14/h2,7H,1H3,(H2,10,15,16). The molecule has 0 aliphatic rings. The zero-order chi connectivity index (χ0) is 13.4. The number of rotatable bonds is 3. The summed E-state index contributed by atoms with van der Waals surface area (Å²) >= 11 is 0. The van der Waals surface area contributed by atoms with Crippen LogP contribution in [0.4, 0.5) is 14.5 Å². The molecule has 1 aromatic heterocycles. The van der Waals surface area contributed by atoms with Crippen molar-refractivity contribution in [1.29, 1.82) is 0 Å². The molecule has 0 radical (unpaired) electrons. The van der Waals surface area contributed by atoms with Crippen molar-refractivity contribution in [3.8, 4) is 0 Å². The summed E-state index contributed by atoms with van der Waals surface area (Å²) in [6, 6.07) is 0. The fourth-order valence-electron chi connectivity index (χ4n) is 1.25. The highest BCUT2D eigenvalue weighted by molar-refractivity contribution is 7.89. The molecule has 10 heteroatoms. The lowest BCUT2D eigenvalue weighted by molar-refractivity contribution is -0.388. The maximum atomic E-state index is 12.5. The molecule has 0 saturated heterocycles. The third-order valence-corrected chi connectivity index (χ3v) is 2.86. The van der Waals surface area contributed by atoms with Crippen LogP contribution in [0.15, 0.2) is 11.1 Å². The van der Waals surface area contributed by atoms with Gasteiger partial charge in [0.25, 0.3) is 12.1 Å². The summed E-state index contributed by atoms with van der Waals surface area (Å²) in [5.41, 5.74) is -2.36. The normalized spacial score (nSPS) is 11.8. The number of aromatic nitrogens is 1. The van der Waals surface area contributed by atoms with E-state index < -0.39 is 37.6 Å². The highest BCUT2D eigenvalue weighted by atomic mass is 32.2. The molecule has 0 saturated carbocycles. The molecule has 0 amide bonds. The van der Waals surface area contributed by atoms with Crippen molar-refractivity contribution in [1.82, 2.24) is 4.98 Å². The lowest BCUT2D eigenvalue weighted by Gasteiger charge is -2.08. The van der Waals surface area contributed by atoms with Gasteiger partial charge in [-0.1, -0.05) is 0 Å². The topological polar surface area (TPSA) is 116 Å². The van der Waals surface area contributed by atoms with Gasteiger partial charge in [-0.25, -0.2) is 22.3 Å². The van der Waals surface area contributed by atoms with Gasteiger partial charge in [0, 0.05) is 11.8 Å². The van der Waals surface area contributed by atoms with Gasteiger partial charge in [-0.15, -0.1) is 0 Å². The van der Waals surface area contributed by atoms with Crippen LogP contribution in [0.3, 0.4) is 0 Å². The van der Waals surface area contributed by atoms with Gasteiger partial charge < -0.3 is 0 Å². The molecule has 1 rings (SSSR count). The first kappa shape index (κ1) is 13.4. The van der Waals surface area contributed by atoms with E-state index in [0.717, 1.165) is 6.20 Å². The summed E-state index contributed by atoms with van der Waals surface area (Å²) in [5.74, 6) is 0. The first-order chi connectivity index (χ1) is 7.66. The SMILES string of the molecule is Cc1cnc(C(F)F)c(S(N)(=O)=O)c1[N+](=O)[O-]. The molecular formula is C7H7F2N3O4S. The second-order valence-electron chi connectivity index (χ2n) is 3.11. The minimum atomic E-state index is -4.66. The number of aryl methyl sites for hydroxylation is 1. The van der Waals surface area contributed by atoms with Gasteiger partial charge >= 0.3 is 0 Å². The first-order valence-electron chi connectivity index (χ1n) is 4.11. The molecule has 0 atom stereocenters. The molecule has 0 spiro atoms. The fourth-order valence-corrected chi connectivity index (χ4v) is 2.19. The summed E-state index contributed by atoms with van der Waals surface area (Å²) in [6.07, 6.45) is -2.48. The highest BCUT2D eigenvalue weighted by Crippen LogP contribution is 2.33. The fraction of sp³-hybridized carbons (Fsp3) is 0.286. The Morgan fingerprint density at radius 2 is 2.06 bits per heavy atom. The third kappa shape index (κ3) is 2.53. The zero-order valence-corrected chi connectivity index (χ0v) is 9.24. The first-order valence-corrected chi connectivity index (χ1v) is 5.65. The smallest absolute Gasteiger partial charge is 0.258 e. The van der Waals surface area contributed by atoms with Crippen molar-refractivity contribution in [3.05, 3.63) is 27.6 Å². The second kappa shape index (κ2) is 4.30. The Hall–Kier alpha value is -1.68. The number of alkyl halides is 2. The van der Waals surface area contributed by atoms with Crippen LogP contribution >= 0.6 is 0 Å². The van der Waals surface area contributed by atoms with Crippen molar-refractivity contribution in [2.24, 2.45) is 5.14 Å². The van der Waals surface area contributed by atoms with E-state index in [4.69, 9.17) is 5.14 Å². The largest absolute Gasteiger partial charge is 0.295 e. The Balaban J connectivity index is 3.82. The van der Waals surface area contributed by atoms with E-state index in [1.54, 1.807) is 0 Å². The number of nitrogens with zero attached hydrogens (tertiary/aromatic N) is 2. The number of nitro groups is 1. The van der Waals surface area contributed by atoms with Crippen LogP contribution in [-0.4, -0.2) is 18.3 Å². The molecule has 2 N–H and O–H groups in total. The predicted octanol–water partition coefficient (Wildman–Crippen LogP) is 0.883. The number of hydrogen-bond acceptors (Lipinski definition) is 5. The van der Waals surface area contributed by atoms with Gasteiger partial charge in [-0.05, 0) is 6.92 Å². The Bertz CT molecular complexity index is 573. The molecule has 0 aliphatic carbocycles. The van der Waals surface area contributed by atoms with Crippen molar-refractivity contribution in [3.63, 3.8) is 0 Å². The summed E-state index contributed by atoms with van der Waals surface area (Å²) in [5, 5.41) is 15.4. The van der Waals surface area contributed by atoms with Crippen molar-refractivity contribution in [2.75, 3.05) is 0 Å². The van der Waals surface area contributed by atoms with E-state index in [9.17, 15) is 27.3 Å². The molecule has 94 valence electrons. The van der Waals surface area contributed by atoms with Crippen LogP contribution in [0.1, 0.15) is 17.7 Å². The van der Waals surface area contributed by atoms with Gasteiger partial charge in [-0.3, -0.25) is 15.1 Å². The van der Waals surface area contributed by atoms with Crippen molar-refractivity contribution in [2.45, 2.75) is 18.2 Å². The molecule has 1 aromatic rings. The molecule has 0 unspecified atom stereocenters. The van der Waals surface area contributed by atoms with Crippen molar-refractivity contribution < 1.29 is 22.1 Å². The predicted molar refractivity (Wildman–Crippen MR) is 52.0 cm³/mol. The molecule has 7 nitrogen and oxygen atoms in total. The average molecular weight is 267 g/mol. The number of nitrogens with two attached hydrogens (primary N) is 1. The monoisotopic (exact) mass is 267 g/mol. The van der Waals surface area contributed by atoms with Crippen LogP contribution in [0.2, 0.25) is 0 Å². The molecule has 0 aromatic carbocycles. The zero-order valence-electron chi connectivity index (χ0n) is 8.42. The van der Waals surface area contributed by atoms with Crippen LogP contribution in [0, 0.1) is 17.0 Å². The van der Waals surface area contributed by atoms with Crippen molar-refractivity contribution >= 4 is 15.7 Å². The van der Waals surface area contributed by atoms with Crippen LogP contribution < -0.4 is 5.14 Å². The minimum Gasteiger partial charge on any atom is -0.258 e. The second-order valence-corrected chi connectivity index (χ2v) is 4.61. The maximum Gasteiger partial charge on any atom is 0.295 e. The van der Waals surface area contributed by atoms with E-state index in [1.165, 1.54) is 6.92 Å². The van der Waals surface area contributed by atoms with Gasteiger partial charge in [-0.2, -0.15) is 0 Å². The lowest BCUT2D eigenvalue weighted by atomic mass is 10.2. The number of pyridine rings is 1. The molecule has 0 bridgehead atoms. The Morgan fingerprint density at radius 1 is 1.53 bits per heavy atom. The van der Waals surface area contributed by atoms with Gasteiger partial charge in [0.15, 0.2) is 4.90 Å². The van der Waals surface area contributed by atoms with Gasteiger partial charge in [0.2, 0.25) is 10.0 Å². The molecule has 0 fully saturated rings. The Morgan fingerprint density at radius 3 is 2.41 bits per heavy atom. The van der Waals surface area contributed by atoms with Crippen LogP contribution in [-0.2, 0) is 10.0 Å². The van der Waals surface area contributed by atoms with Crippen LogP contribution in [0.5, 0.6) is 0 Å². The molecule has 1 heterocycles. The van der Waals surface area contributed by atoms with Gasteiger partial charge in [0.1, 0.15) is 5.69 Å². The third-order valence-electron chi connectivity index (χ3n) is 1.89. The summed E-state index contributed by atoms with van der Waals surface area (Å²) in [7, 11) is -4.66. The number of hydrogen-bond donors (Lipinski definition) is 1. The van der Waals surface area contributed by atoms with Gasteiger partial charge in [0.05, 0.1) is 4.92 Å². The maximum absolute atomic E-state index is 12.5. The lowest BCUT2D eigenvalue weighted by Crippen LogP contribution is -2.18. The quantitative estimate of drug-likeness (QED) is 0.644. The number of sulfonamides is 1. The Labute approximate surface area is 94.5 Å². The summed E-state index contributed by atoms with van der Waals surface area (Å²) in [4.78, 5) is 11.5. The van der Waals surface area contributed by atoms with E-state index in [0.29, 0.717) is 0 Å². The van der Waals surface area contributed by atoms with E-state index in [-0.39, 0.29) is 5.56 Å². The number of primary sulfonamides is 1. The average Bonchev–Trinajstić information content (AvgIpc) is 2.14. The molecule has 0 aliphatic heterocycles.